The van der Waals surface area contributed by atoms with Gasteiger partial charge in [0.15, 0.2) is 5.82 Å². The molecule has 1 atom stereocenters. The van der Waals surface area contributed by atoms with Gasteiger partial charge in [-0.15, -0.1) is 11.3 Å². The molecule has 140 valence electrons. The summed E-state index contributed by atoms with van der Waals surface area (Å²) in [6.45, 7) is 5.06. The molecule has 1 aliphatic rings. The maximum Gasteiger partial charge on any atom is 0.244 e. The van der Waals surface area contributed by atoms with Crippen molar-refractivity contribution in [1.29, 1.82) is 0 Å². The van der Waals surface area contributed by atoms with E-state index in [-0.39, 0.29) is 11.9 Å². The van der Waals surface area contributed by atoms with Crippen LogP contribution in [-0.4, -0.2) is 52.4 Å². The van der Waals surface area contributed by atoms with Crippen LogP contribution in [0.4, 0.5) is 5.82 Å². The highest BCUT2D eigenvalue weighted by atomic mass is 32.1. The largest absolute Gasteiger partial charge is 0.347 e. The van der Waals surface area contributed by atoms with Crippen LogP contribution in [0.2, 0.25) is 0 Å². The lowest BCUT2D eigenvalue weighted by Gasteiger charge is -2.28. The van der Waals surface area contributed by atoms with Gasteiger partial charge >= 0.3 is 0 Å². The van der Waals surface area contributed by atoms with E-state index in [0.717, 1.165) is 41.0 Å². The van der Waals surface area contributed by atoms with E-state index in [0.29, 0.717) is 5.82 Å². The zero-order valence-corrected chi connectivity index (χ0v) is 16.9. The Morgan fingerprint density at radius 2 is 2.11 bits per heavy atom. The van der Waals surface area contributed by atoms with Gasteiger partial charge in [-0.25, -0.2) is 9.97 Å². The van der Waals surface area contributed by atoms with E-state index < -0.39 is 0 Å². The second-order valence-electron chi connectivity index (χ2n) is 7.16. The number of pyridine rings is 1. The molecule has 1 fully saturated rings. The molecule has 27 heavy (non-hydrogen) atoms. The molecular weight excluding hydrogens is 358 g/mol. The Morgan fingerprint density at radius 3 is 2.81 bits per heavy atom. The maximum absolute atomic E-state index is 12.7. The van der Waals surface area contributed by atoms with Crippen LogP contribution in [0.1, 0.15) is 23.3 Å². The third-order valence-corrected chi connectivity index (χ3v) is 6.28. The maximum atomic E-state index is 12.7. The molecule has 1 aliphatic heterocycles. The molecule has 6 nitrogen and oxygen atoms in total. The smallest absolute Gasteiger partial charge is 0.244 e. The zero-order chi connectivity index (χ0) is 19.1. The highest BCUT2D eigenvalue weighted by molar-refractivity contribution is 7.18. The molecule has 3 aromatic rings. The second kappa shape index (κ2) is 6.88. The number of amides is 1. The molecule has 0 radical (unpaired) electrons. The van der Waals surface area contributed by atoms with Crippen LogP contribution in [0, 0.1) is 13.8 Å². The number of carbonyl (C=O) groups is 1. The standard InChI is InChI=1S/C20H23N5OS/c1-12-13(2)27-19-16(12)18(22-17(23-19)14-7-5-9-21-11-14)25-10-6-8-15(25)20(26)24(3)4/h5,7,9,11,15H,6,8,10H2,1-4H3. The summed E-state index contributed by atoms with van der Waals surface area (Å²) in [5.41, 5.74) is 2.09. The summed E-state index contributed by atoms with van der Waals surface area (Å²) in [7, 11) is 3.63. The first kappa shape index (κ1) is 17.9. The fourth-order valence-electron chi connectivity index (χ4n) is 3.64. The number of fused-ring (bicyclic) bond motifs is 1. The molecule has 0 N–H and O–H groups in total. The number of aromatic nitrogens is 3. The van der Waals surface area contributed by atoms with Gasteiger partial charge in [0.25, 0.3) is 0 Å². The van der Waals surface area contributed by atoms with Gasteiger partial charge in [0.05, 0.1) is 5.39 Å². The molecule has 7 heteroatoms. The van der Waals surface area contributed by atoms with Gasteiger partial charge in [-0.1, -0.05) is 0 Å². The molecule has 1 amide bonds. The van der Waals surface area contributed by atoms with Crippen molar-refractivity contribution in [3.8, 4) is 11.4 Å². The molecule has 1 unspecified atom stereocenters. The summed E-state index contributed by atoms with van der Waals surface area (Å²) in [6, 6.07) is 3.69. The van der Waals surface area contributed by atoms with E-state index in [1.807, 2.05) is 26.2 Å². The van der Waals surface area contributed by atoms with Crippen LogP contribution in [0.25, 0.3) is 21.6 Å². The van der Waals surface area contributed by atoms with E-state index in [9.17, 15) is 4.79 Å². The molecule has 1 saturated heterocycles. The summed E-state index contributed by atoms with van der Waals surface area (Å²) in [6.07, 6.45) is 5.37. The average Bonchev–Trinajstić information content (AvgIpc) is 3.26. The van der Waals surface area contributed by atoms with Crippen molar-refractivity contribution in [2.45, 2.75) is 32.7 Å². The summed E-state index contributed by atoms with van der Waals surface area (Å²) in [5, 5.41) is 1.07. The molecule has 4 heterocycles. The van der Waals surface area contributed by atoms with E-state index in [1.54, 1.807) is 28.6 Å². The fraction of sp³-hybridized carbons (Fsp3) is 0.400. The Balaban J connectivity index is 1.91. The second-order valence-corrected chi connectivity index (χ2v) is 8.36. The van der Waals surface area contributed by atoms with Crippen LogP contribution >= 0.6 is 11.3 Å². The summed E-state index contributed by atoms with van der Waals surface area (Å²) >= 11 is 1.68. The number of nitrogens with zero attached hydrogens (tertiary/aromatic N) is 5. The van der Waals surface area contributed by atoms with Gasteiger partial charge in [-0.3, -0.25) is 9.78 Å². The van der Waals surface area contributed by atoms with Gasteiger partial charge in [0.1, 0.15) is 16.7 Å². The molecule has 4 rings (SSSR count). The lowest BCUT2D eigenvalue weighted by molar-refractivity contribution is -0.129. The van der Waals surface area contributed by atoms with Crippen molar-refractivity contribution in [2.75, 3.05) is 25.5 Å². The Hall–Kier alpha value is -2.54. The normalized spacial score (nSPS) is 16.9. The van der Waals surface area contributed by atoms with Gasteiger partial charge in [-0.2, -0.15) is 0 Å². The predicted molar refractivity (Wildman–Crippen MR) is 109 cm³/mol. The minimum Gasteiger partial charge on any atom is -0.347 e. The summed E-state index contributed by atoms with van der Waals surface area (Å²) in [4.78, 5) is 32.7. The van der Waals surface area contributed by atoms with Crippen LogP contribution < -0.4 is 4.90 Å². The van der Waals surface area contributed by atoms with Crippen molar-refractivity contribution in [3.63, 3.8) is 0 Å². The number of rotatable bonds is 3. The van der Waals surface area contributed by atoms with E-state index in [1.165, 1.54) is 10.4 Å². The van der Waals surface area contributed by atoms with Crippen molar-refractivity contribution in [3.05, 3.63) is 35.0 Å². The van der Waals surface area contributed by atoms with Crippen LogP contribution in [0.5, 0.6) is 0 Å². The molecule has 3 aromatic heterocycles. The van der Waals surface area contributed by atoms with E-state index in [2.05, 4.69) is 23.7 Å². The summed E-state index contributed by atoms with van der Waals surface area (Å²) in [5.74, 6) is 1.67. The number of thiophene rings is 1. The van der Waals surface area contributed by atoms with E-state index in [4.69, 9.17) is 9.97 Å². The van der Waals surface area contributed by atoms with Crippen LogP contribution in [0.3, 0.4) is 0 Å². The third-order valence-electron chi connectivity index (χ3n) is 5.18. The van der Waals surface area contributed by atoms with Crippen molar-refractivity contribution in [2.24, 2.45) is 0 Å². The highest BCUT2D eigenvalue weighted by Gasteiger charge is 2.34. The SMILES string of the molecule is Cc1sc2nc(-c3cccnc3)nc(N3CCCC3C(=O)N(C)C)c2c1C. The molecule has 0 aliphatic carbocycles. The van der Waals surface area contributed by atoms with Crippen molar-refractivity contribution < 1.29 is 4.79 Å². The molecule has 0 saturated carbocycles. The first-order valence-corrected chi connectivity index (χ1v) is 9.95. The number of aryl methyl sites for hydroxylation is 2. The number of anilines is 1. The van der Waals surface area contributed by atoms with E-state index >= 15 is 0 Å². The molecule has 0 bridgehead atoms. The minimum absolute atomic E-state index is 0.131. The van der Waals surface area contributed by atoms with Crippen LogP contribution in [0.15, 0.2) is 24.5 Å². The molecule has 0 aromatic carbocycles. The quantitative estimate of drug-likeness (QED) is 0.696. The van der Waals surface area contributed by atoms with Gasteiger partial charge in [0, 0.05) is 43.5 Å². The number of carbonyl (C=O) groups excluding carboxylic acids is 1. The zero-order valence-electron chi connectivity index (χ0n) is 16.1. The first-order valence-electron chi connectivity index (χ1n) is 9.13. The Labute approximate surface area is 162 Å². The lowest BCUT2D eigenvalue weighted by atomic mass is 10.1. The first-order chi connectivity index (χ1) is 13.0. The third kappa shape index (κ3) is 3.06. The predicted octanol–water partition coefficient (Wildman–Crippen LogP) is 3.43. The number of hydrogen-bond donors (Lipinski definition) is 0. The topological polar surface area (TPSA) is 62.2 Å². The van der Waals surface area contributed by atoms with Crippen LogP contribution in [-0.2, 0) is 4.79 Å². The average molecular weight is 382 g/mol. The Kier molecular flexibility index (Phi) is 4.55. The van der Waals surface area contributed by atoms with Gasteiger partial charge in [0.2, 0.25) is 5.91 Å². The lowest BCUT2D eigenvalue weighted by Crippen LogP contribution is -2.43. The Bertz CT molecular complexity index is 999. The fourth-order valence-corrected chi connectivity index (χ4v) is 4.66. The van der Waals surface area contributed by atoms with Crippen molar-refractivity contribution >= 4 is 33.3 Å². The monoisotopic (exact) mass is 381 g/mol. The van der Waals surface area contributed by atoms with Gasteiger partial charge in [-0.05, 0) is 44.4 Å². The number of hydrogen-bond acceptors (Lipinski definition) is 6. The molecule has 0 spiro atoms. The van der Waals surface area contributed by atoms with Crippen molar-refractivity contribution in [1.82, 2.24) is 19.9 Å². The minimum atomic E-state index is -0.167. The molecular formula is C20H23N5OS. The summed E-state index contributed by atoms with van der Waals surface area (Å²) < 4.78 is 0. The Morgan fingerprint density at radius 1 is 1.30 bits per heavy atom. The number of likely N-dealkylation sites (N-methyl/N-ethyl adjacent to an activating group) is 1. The van der Waals surface area contributed by atoms with Gasteiger partial charge < -0.3 is 9.80 Å². The highest BCUT2D eigenvalue weighted by Crippen LogP contribution is 2.39.